The zero-order valence-corrected chi connectivity index (χ0v) is 11.3. The van der Waals surface area contributed by atoms with Crippen LogP contribution in [0.4, 0.5) is 0 Å². The van der Waals surface area contributed by atoms with Gasteiger partial charge in [-0.3, -0.25) is 4.40 Å². The molecule has 0 aliphatic carbocycles. The molecule has 0 aromatic carbocycles. The van der Waals surface area contributed by atoms with Crippen molar-refractivity contribution in [3.05, 3.63) is 29.7 Å². The van der Waals surface area contributed by atoms with Crippen LogP contribution in [0.1, 0.15) is 35.1 Å². The van der Waals surface area contributed by atoms with Gasteiger partial charge in [0.25, 0.3) is 0 Å². The summed E-state index contributed by atoms with van der Waals surface area (Å²) in [6.45, 7) is 1.91. The molecule has 0 amide bonds. The molecule has 6 heteroatoms. The summed E-state index contributed by atoms with van der Waals surface area (Å²) >= 11 is 0. The van der Waals surface area contributed by atoms with E-state index in [0.717, 1.165) is 25.9 Å². The molecule has 106 valence electrons. The number of aromatic nitrogens is 2. The minimum absolute atomic E-state index is 0.00910. The number of hydrogen-bond donors (Lipinski definition) is 2. The zero-order chi connectivity index (χ0) is 14.3. The first-order valence-electron chi connectivity index (χ1n) is 6.70. The molecule has 6 nitrogen and oxygen atoms in total. The molecule has 0 unspecified atom stereocenters. The fraction of sp³-hybridized carbons (Fsp3) is 0.429. The number of pyridine rings is 1. The molecule has 2 aromatic rings. The van der Waals surface area contributed by atoms with Crippen LogP contribution in [0, 0.1) is 0 Å². The van der Waals surface area contributed by atoms with Crippen molar-refractivity contribution < 1.29 is 15.0 Å². The number of aromatic carboxylic acids is 1. The van der Waals surface area contributed by atoms with Gasteiger partial charge in [-0.2, -0.15) is 0 Å². The van der Waals surface area contributed by atoms with Crippen molar-refractivity contribution in [1.82, 2.24) is 14.3 Å². The highest BCUT2D eigenvalue weighted by molar-refractivity contribution is 5.93. The van der Waals surface area contributed by atoms with E-state index in [1.54, 1.807) is 22.6 Å². The minimum atomic E-state index is -1.06. The molecule has 1 aliphatic heterocycles. The van der Waals surface area contributed by atoms with Crippen molar-refractivity contribution in [2.75, 3.05) is 20.1 Å². The molecule has 2 aromatic heterocycles. The monoisotopic (exact) mass is 275 g/mol. The number of hydrogen-bond acceptors (Lipinski definition) is 4. The minimum Gasteiger partial charge on any atom is -0.494 e. The summed E-state index contributed by atoms with van der Waals surface area (Å²) < 4.78 is 1.57. The summed E-state index contributed by atoms with van der Waals surface area (Å²) in [5, 5.41) is 19.3. The maximum Gasteiger partial charge on any atom is 0.356 e. The van der Waals surface area contributed by atoms with Crippen molar-refractivity contribution in [2.24, 2.45) is 0 Å². The van der Waals surface area contributed by atoms with Crippen LogP contribution in [0.3, 0.4) is 0 Å². The SMILES string of the molecule is CN1CCC(c2nc(C(=O)O)c3cccc(O)n23)CC1. The van der Waals surface area contributed by atoms with E-state index in [-0.39, 0.29) is 17.5 Å². The second kappa shape index (κ2) is 4.79. The summed E-state index contributed by atoms with van der Waals surface area (Å²) in [5.74, 6) is -0.188. The lowest BCUT2D eigenvalue weighted by Gasteiger charge is -2.28. The Hall–Kier alpha value is -2.08. The van der Waals surface area contributed by atoms with Crippen molar-refractivity contribution in [3.8, 4) is 5.88 Å². The number of carbonyl (C=O) groups is 1. The maximum absolute atomic E-state index is 11.3. The van der Waals surface area contributed by atoms with Gasteiger partial charge in [-0.15, -0.1) is 0 Å². The van der Waals surface area contributed by atoms with Crippen LogP contribution in [0.25, 0.3) is 5.52 Å². The van der Waals surface area contributed by atoms with Crippen LogP contribution in [0.15, 0.2) is 18.2 Å². The first kappa shape index (κ1) is 12.9. The molecule has 0 atom stereocenters. The standard InChI is InChI=1S/C14H17N3O3/c1-16-7-5-9(6-8-16)13-15-12(14(19)20)10-3-2-4-11(18)17(10)13/h2-4,9,18H,5-8H2,1H3,(H,19,20). The van der Waals surface area contributed by atoms with E-state index in [9.17, 15) is 15.0 Å². The smallest absolute Gasteiger partial charge is 0.356 e. The number of nitrogens with zero attached hydrogens (tertiary/aromatic N) is 3. The van der Waals surface area contributed by atoms with Gasteiger partial charge >= 0.3 is 5.97 Å². The van der Waals surface area contributed by atoms with Gasteiger partial charge in [0.1, 0.15) is 5.82 Å². The summed E-state index contributed by atoms with van der Waals surface area (Å²) in [7, 11) is 2.07. The molecule has 0 saturated carbocycles. The van der Waals surface area contributed by atoms with Crippen LogP contribution in [-0.2, 0) is 0 Å². The van der Waals surface area contributed by atoms with Crippen LogP contribution in [-0.4, -0.2) is 50.6 Å². The number of likely N-dealkylation sites (tertiary alicyclic amines) is 1. The van der Waals surface area contributed by atoms with E-state index in [1.165, 1.54) is 0 Å². The number of piperidine rings is 1. The van der Waals surface area contributed by atoms with E-state index in [2.05, 4.69) is 16.9 Å². The maximum atomic E-state index is 11.3. The molecule has 1 fully saturated rings. The molecule has 0 bridgehead atoms. The zero-order valence-electron chi connectivity index (χ0n) is 11.3. The predicted molar refractivity (Wildman–Crippen MR) is 73.3 cm³/mol. The highest BCUT2D eigenvalue weighted by Gasteiger charge is 2.26. The van der Waals surface area contributed by atoms with Crippen molar-refractivity contribution in [1.29, 1.82) is 0 Å². The van der Waals surface area contributed by atoms with E-state index in [1.807, 2.05) is 0 Å². The number of fused-ring (bicyclic) bond motifs is 1. The molecule has 20 heavy (non-hydrogen) atoms. The number of carboxylic acid groups (broad SMARTS) is 1. The number of imidazole rings is 1. The average Bonchev–Trinajstić information content (AvgIpc) is 2.81. The summed E-state index contributed by atoms with van der Waals surface area (Å²) in [6, 6.07) is 4.87. The van der Waals surface area contributed by atoms with Gasteiger partial charge in [0.2, 0.25) is 0 Å². The number of carboxylic acids is 1. The Kier molecular flexibility index (Phi) is 3.10. The molecular weight excluding hydrogens is 258 g/mol. The molecule has 0 spiro atoms. The summed E-state index contributed by atoms with van der Waals surface area (Å²) in [6.07, 6.45) is 1.84. The summed E-state index contributed by atoms with van der Waals surface area (Å²) in [4.78, 5) is 17.8. The molecule has 1 aliphatic rings. The second-order valence-electron chi connectivity index (χ2n) is 5.31. The van der Waals surface area contributed by atoms with Crippen molar-refractivity contribution in [2.45, 2.75) is 18.8 Å². The lowest BCUT2D eigenvalue weighted by Crippen LogP contribution is -2.30. The van der Waals surface area contributed by atoms with Gasteiger partial charge in [0.15, 0.2) is 11.6 Å². The number of aromatic hydroxyl groups is 1. The lowest BCUT2D eigenvalue weighted by molar-refractivity contribution is 0.0693. The van der Waals surface area contributed by atoms with Gasteiger partial charge in [-0.1, -0.05) is 6.07 Å². The number of rotatable bonds is 2. The van der Waals surface area contributed by atoms with Gasteiger partial charge in [-0.25, -0.2) is 9.78 Å². The second-order valence-corrected chi connectivity index (χ2v) is 5.31. The molecular formula is C14H17N3O3. The highest BCUT2D eigenvalue weighted by atomic mass is 16.4. The highest BCUT2D eigenvalue weighted by Crippen LogP contribution is 2.31. The topological polar surface area (TPSA) is 78.1 Å². The Morgan fingerprint density at radius 3 is 2.70 bits per heavy atom. The van der Waals surface area contributed by atoms with Gasteiger partial charge in [-0.05, 0) is 45.1 Å². The van der Waals surface area contributed by atoms with Crippen LogP contribution in [0.2, 0.25) is 0 Å². The van der Waals surface area contributed by atoms with Crippen LogP contribution in [0.5, 0.6) is 5.88 Å². The molecule has 2 N–H and O–H groups in total. The van der Waals surface area contributed by atoms with Crippen molar-refractivity contribution in [3.63, 3.8) is 0 Å². The van der Waals surface area contributed by atoms with Gasteiger partial charge in [0, 0.05) is 5.92 Å². The van der Waals surface area contributed by atoms with Crippen LogP contribution >= 0.6 is 0 Å². The third-order valence-corrected chi connectivity index (χ3v) is 3.95. The van der Waals surface area contributed by atoms with E-state index >= 15 is 0 Å². The normalized spacial score (nSPS) is 17.6. The van der Waals surface area contributed by atoms with E-state index in [0.29, 0.717) is 11.3 Å². The first-order chi connectivity index (χ1) is 9.58. The fourth-order valence-electron chi connectivity index (χ4n) is 2.84. The third kappa shape index (κ3) is 2.02. The van der Waals surface area contributed by atoms with Gasteiger partial charge < -0.3 is 15.1 Å². The van der Waals surface area contributed by atoms with Crippen LogP contribution < -0.4 is 0 Å². The van der Waals surface area contributed by atoms with Crippen molar-refractivity contribution >= 4 is 11.5 Å². The Morgan fingerprint density at radius 2 is 2.05 bits per heavy atom. The summed E-state index contributed by atoms with van der Waals surface area (Å²) in [5.41, 5.74) is 0.459. The Balaban J connectivity index is 2.13. The average molecular weight is 275 g/mol. The molecule has 3 rings (SSSR count). The molecule has 0 radical (unpaired) electrons. The third-order valence-electron chi connectivity index (χ3n) is 3.95. The largest absolute Gasteiger partial charge is 0.494 e. The predicted octanol–water partition coefficient (Wildman–Crippen LogP) is 1.55. The Morgan fingerprint density at radius 1 is 1.35 bits per heavy atom. The first-order valence-corrected chi connectivity index (χ1v) is 6.70. The van der Waals surface area contributed by atoms with Gasteiger partial charge in [0.05, 0.1) is 5.52 Å². The molecule has 3 heterocycles. The van der Waals surface area contributed by atoms with E-state index < -0.39 is 5.97 Å². The quantitative estimate of drug-likeness (QED) is 0.869. The Labute approximate surface area is 116 Å². The van der Waals surface area contributed by atoms with E-state index in [4.69, 9.17) is 0 Å². The lowest BCUT2D eigenvalue weighted by atomic mass is 9.96. The molecule has 1 saturated heterocycles. The fourth-order valence-corrected chi connectivity index (χ4v) is 2.84. The Bertz CT molecular complexity index is 657.